The summed E-state index contributed by atoms with van der Waals surface area (Å²) in [5.74, 6) is 0.251. The van der Waals surface area contributed by atoms with Crippen LogP contribution in [0.5, 0.6) is 23.0 Å². The van der Waals surface area contributed by atoms with Crippen LogP contribution in [0.1, 0.15) is 27.9 Å². The lowest BCUT2D eigenvalue weighted by molar-refractivity contribution is -0.159. The highest BCUT2D eigenvalue weighted by Crippen LogP contribution is 2.42. The van der Waals surface area contributed by atoms with E-state index in [9.17, 15) is 14.7 Å². The van der Waals surface area contributed by atoms with Gasteiger partial charge in [-0.3, -0.25) is 4.79 Å². The van der Waals surface area contributed by atoms with Crippen LogP contribution in [0.2, 0.25) is 15.1 Å². The van der Waals surface area contributed by atoms with E-state index >= 15 is 0 Å². The Balaban J connectivity index is 1.26. The summed E-state index contributed by atoms with van der Waals surface area (Å²) in [5, 5.41) is 14.2. The van der Waals surface area contributed by atoms with Gasteiger partial charge in [-0.1, -0.05) is 59.1 Å². The molecule has 4 aromatic carbocycles. The second-order valence-electron chi connectivity index (χ2n) is 9.29. The van der Waals surface area contributed by atoms with Crippen LogP contribution in [0, 0.1) is 0 Å². The fraction of sp³-hybridized carbons (Fsp3) is 0.161. The molecule has 0 saturated carbocycles. The van der Waals surface area contributed by atoms with E-state index in [0.717, 1.165) is 5.56 Å². The van der Waals surface area contributed by atoms with Gasteiger partial charge in [0.25, 0.3) is 5.91 Å². The standard InChI is InChI=1S/C31H24Cl3NO6/c32-21-8-10-23(11-9-21)40-28-18-22(33)7-5-19(28)13-15-35-29(36)20-6-12-27(25(34)17-20)41-31(30(37)38)14-16-39-26-4-2-1-3-24(26)31/h1-12,17-18H,13-16H2,(H,35,36)(H,37,38). The molecule has 0 fully saturated rings. The molecule has 0 bridgehead atoms. The fourth-order valence-corrected chi connectivity index (χ4v) is 5.03. The van der Waals surface area contributed by atoms with E-state index in [2.05, 4.69) is 5.32 Å². The number of amides is 1. The molecule has 210 valence electrons. The van der Waals surface area contributed by atoms with Crippen molar-refractivity contribution >= 4 is 46.7 Å². The van der Waals surface area contributed by atoms with E-state index in [4.69, 9.17) is 49.0 Å². The summed E-state index contributed by atoms with van der Waals surface area (Å²) in [6.45, 7) is 0.480. The quantitative estimate of drug-likeness (QED) is 0.203. The zero-order valence-corrected chi connectivity index (χ0v) is 23.8. The molecule has 1 unspecified atom stereocenters. The first-order chi connectivity index (χ1) is 19.7. The molecular formula is C31H24Cl3NO6. The number of hydrogen-bond donors (Lipinski definition) is 2. The second-order valence-corrected chi connectivity index (χ2v) is 10.6. The highest BCUT2D eigenvalue weighted by atomic mass is 35.5. The Kier molecular flexibility index (Phi) is 8.59. The van der Waals surface area contributed by atoms with Crippen LogP contribution in [-0.4, -0.2) is 30.1 Å². The van der Waals surface area contributed by atoms with Crippen molar-refractivity contribution in [1.29, 1.82) is 0 Å². The van der Waals surface area contributed by atoms with E-state index in [1.165, 1.54) is 18.2 Å². The SMILES string of the molecule is O=C(NCCc1ccc(Cl)cc1Oc1ccc(Cl)cc1)c1ccc(OC2(C(=O)O)CCOc3ccccc32)c(Cl)c1. The molecule has 10 heteroatoms. The number of halogens is 3. The molecule has 41 heavy (non-hydrogen) atoms. The van der Waals surface area contributed by atoms with Crippen molar-refractivity contribution in [2.75, 3.05) is 13.2 Å². The average molecular weight is 613 g/mol. The van der Waals surface area contributed by atoms with Gasteiger partial charge >= 0.3 is 5.97 Å². The third-order valence-electron chi connectivity index (χ3n) is 6.61. The number of ether oxygens (including phenoxy) is 3. The van der Waals surface area contributed by atoms with E-state index in [1.54, 1.807) is 60.7 Å². The number of para-hydroxylation sites is 1. The summed E-state index contributed by atoms with van der Waals surface area (Å²) < 4.78 is 17.6. The number of fused-ring (bicyclic) bond motifs is 1. The van der Waals surface area contributed by atoms with Crippen LogP contribution in [-0.2, 0) is 16.8 Å². The maximum Gasteiger partial charge on any atom is 0.353 e. The van der Waals surface area contributed by atoms with E-state index in [-0.39, 0.29) is 29.7 Å². The van der Waals surface area contributed by atoms with Gasteiger partial charge in [0.15, 0.2) is 0 Å². The maximum absolute atomic E-state index is 12.9. The lowest BCUT2D eigenvalue weighted by Gasteiger charge is -2.35. The van der Waals surface area contributed by atoms with Gasteiger partial charge in [-0.15, -0.1) is 0 Å². The number of benzene rings is 4. The molecule has 1 heterocycles. The summed E-state index contributed by atoms with van der Waals surface area (Å²) in [7, 11) is 0. The monoisotopic (exact) mass is 611 g/mol. The molecule has 0 spiro atoms. The minimum Gasteiger partial charge on any atom is -0.493 e. The van der Waals surface area contributed by atoms with Gasteiger partial charge in [0.05, 0.1) is 11.6 Å². The number of carboxylic acid groups (broad SMARTS) is 1. The number of carboxylic acids is 1. The third kappa shape index (κ3) is 6.38. The molecule has 0 radical (unpaired) electrons. The number of rotatable bonds is 9. The maximum atomic E-state index is 12.9. The Morgan fingerprint density at radius 1 is 0.902 bits per heavy atom. The van der Waals surface area contributed by atoms with Crippen molar-refractivity contribution in [2.24, 2.45) is 0 Å². The number of aliphatic carboxylic acids is 1. The van der Waals surface area contributed by atoms with Crippen molar-refractivity contribution < 1.29 is 28.9 Å². The minimum absolute atomic E-state index is 0.0896. The molecule has 4 aromatic rings. The van der Waals surface area contributed by atoms with Crippen LogP contribution < -0.4 is 19.5 Å². The highest BCUT2D eigenvalue weighted by Gasteiger charge is 2.47. The summed E-state index contributed by atoms with van der Waals surface area (Å²) >= 11 is 18.6. The number of nitrogens with one attached hydrogen (secondary N) is 1. The van der Waals surface area contributed by atoms with Crippen LogP contribution in [0.4, 0.5) is 0 Å². The molecular weight excluding hydrogens is 589 g/mol. The third-order valence-corrected chi connectivity index (χ3v) is 7.39. The van der Waals surface area contributed by atoms with Gasteiger partial charge in [0.1, 0.15) is 23.0 Å². The van der Waals surface area contributed by atoms with Crippen molar-refractivity contribution in [3.63, 3.8) is 0 Å². The van der Waals surface area contributed by atoms with Gasteiger partial charge in [0, 0.05) is 34.1 Å². The lowest BCUT2D eigenvalue weighted by atomic mass is 9.87. The van der Waals surface area contributed by atoms with Crippen LogP contribution in [0.15, 0.2) is 84.9 Å². The predicted molar refractivity (Wildman–Crippen MR) is 157 cm³/mol. The number of carbonyl (C=O) groups is 2. The van der Waals surface area contributed by atoms with Crippen LogP contribution in [0.3, 0.4) is 0 Å². The Bertz CT molecular complexity index is 1590. The minimum atomic E-state index is -1.67. The zero-order chi connectivity index (χ0) is 29.0. The Labute approximate surface area is 251 Å². The van der Waals surface area contributed by atoms with Crippen molar-refractivity contribution in [1.82, 2.24) is 5.32 Å². The number of hydrogen-bond acceptors (Lipinski definition) is 5. The molecule has 0 aliphatic carbocycles. The van der Waals surface area contributed by atoms with E-state index in [1.807, 2.05) is 6.07 Å². The molecule has 1 aliphatic rings. The van der Waals surface area contributed by atoms with Crippen LogP contribution >= 0.6 is 34.8 Å². The Morgan fingerprint density at radius 3 is 2.41 bits per heavy atom. The molecule has 2 N–H and O–H groups in total. The van der Waals surface area contributed by atoms with Gasteiger partial charge in [0.2, 0.25) is 5.60 Å². The highest BCUT2D eigenvalue weighted by molar-refractivity contribution is 6.32. The molecule has 7 nitrogen and oxygen atoms in total. The molecule has 1 aliphatic heterocycles. The first-order valence-electron chi connectivity index (χ1n) is 12.7. The van der Waals surface area contributed by atoms with Gasteiger partial charge < -0.3 is 24.6 Å². The van der Waals surface area contributed by atoms with Gasteiger partial charge in [-0.25, -0.2) is 4.79 Å². The van der Waals surface area contributed by atoms with Crippen molar-refractivity contribution in [2.45, 2.75) is 18.4 Å². The lowest BCUT2D eigenvalue weighted by Crippen LogP contribution is -2.45. The fourth-order valence-electron chi connectivity index (χ4n) is 4.52. The molecule has 1 amide bonds. The van der Waals surface area contributed by atoms with Crippen molar-refractivity contribution in [3.8, 4) is 23.0 Å². The Hall–Kier alpha value is -3.91. The first-order valence-corrected chi connectivity index (χ1v) is 13.8. The summed E-state index contributed by atoms with van der Waals surface area (Å²) in [4.78, 5) is 25.3. The summed E-state index contributed by atoms with van der Waals surface area (Å²) in [6.07, 6.45) is 0.565. The van der Waals surface area contributed by atoms with Gasteiger partial charge in [-0.05, 0) is 72.6 Å². The molecule has 1 atom stereocenters. The smallest absolute Gasteiger partial charge is 0.353 e. The van der Waals surface area contributed by atoms with Gasteiger partial charge in [-0.2, -0.15) is 0 Å². The first kappa shape index (κ1) is 28.6. The largest absolute Gasteiger partial charge is 0.493 e. The second kappa shape index (κ2) is 12.3. The summed E-state index contributed by atoms with van der Waals surface area (Å²) in [5.41, 5.74) is -0.125. The number of carbonyl (C=O) groups excluding carboxylic acids is 1. The average Bonchev–Trinajstić information content (AvgIpc) is 2.96. The predicted octanol–water partition coefficient (Wildman–Crippen LogP) is 7.55. The zero-order valence-electron chi connectivity index (χ0n) is 21.5. The summed E-state index contributed by atoms with van der Waals surface area (Å²) in [6, 6.07) is 23.6. The Morgan fingerprint density at radius 2 is 1.66 bits per heavy atom. The van der Waals surface area contributed by atoms with E-state index in [0.29, 0.717) is 51.4 Å². The normalized spacial score (nSPS) is 15.8. The van der Waals surface area contributed by atoms with Crippen molar-refractivity contribution in [3.05, 3.63) is 117 Å². The molecule has 0 saturated heterocycles. The van der Waals surface area contributed by atoms with Crippen LogP contribution in [0.25, 0.3) is 0 Å². The molecule has 0 aromatic heterocycles. The van der Waals surface area contributed by atoms with E-state index < -0.39 is 11.6 Å². The topological polar surface area (TPSA) is 94.1 Å². The molecule has 5 rings (SSSR count).